The van der Waals surface area contributed by atoms with Gasteiger partial charge in [-0.2, -0.15) is 0 Å². The van der Waals surface area contributed by atoms with Crippen molar-refractivity contribution in [2.45, 2.75) is 64.3 Å². The number of aryl methyl sites for hydroxylation is 2. The lowest BCUT2D eigenvalue weighted by Gasteiger charge is -2.24. The molecule has 3 rings (SSSR count). The van der Waals surface area contributed by atoms with Crippen LogP contribution in [-0.4, -0.2) is 27.8 Å². The summed E-state index contributed by atoms with van der Waals surface area (Å²) in [7, 11) is 1.47. The second-order valence-corrected chi connectivity index (χ2v) is 6.44. The minimum atomic E-state index is -0.104. The molecule has 5 nitrogen and oxygen atoms in total. The minimum absolute atomic E-state index is 0.0352. The molecule has 1 aromatic rings. The predicted octanol–water partition coefficient (Wildman–Crippen LogP) is 2.53. The maximum absolute atomic E-state index is 11.7. The average molecular weight is 291 g/mol. The molecule has 1 atom stereocenters. The van der Waals surface area contributed by atoms with Gasteiger partial charge in [-0.15, -0.1) is 10.2 Å². The van der Waals surface area contributed by atoms with Crippen LogP contribution in [0.4, 0.5) is 0 Å². The molecule has 1 aliphatic carbocycles. The number of esters is 1. The van der Waals surface area contributed by atoms with Crippen molar-refractivity contribution in [3.8, 4) is 0 Å². The van der Waals surface area contributed by atoms with Crippen molar-refractivity contribution in [2.75, 3.05) is 7.11 Å². The van der Waals surface area contributed by atoms with Crippen LogP contribution in [0.1, 0.15) is 56.6 Å². The van der Waals surface area contributed by atoms with E-state index in [1.165, 1.54) is 45.6 Å². The molecule has 0 amide bonds. The van der Waals surface area contributed by atoms with Gasteiger partial charge in [-0.1, -0.05) is 32.1 Å². The SMILES string of the molecule is COC(=O)C1CCc2nnc(CCC3CCCCC3)n2C1. The van der Waals surface area contributed by atoms with Crippen LogP contribution >= 0.6 is 0 Å². The molecule has 0 aromatic carbocycles. The van der Waals surface area contributed by atoms with Crippen LogP contribution in [0.15, 0.2) is 0 Å². The highest BCUT2D eigenvalue weighted by Gasteiger charge is 2.28. The van der Waals surface area contributed by atoms with Crippen LogP contribution in [0.25, 0.3) is 0 Å². The Hall–Kier alpha value is -1.39. The first-order valence-corrected chi connectivity index (χ1v) is 8.26. The highest BCUT2D eigenvalue weighted by atomic mass is 16.5. The van der Waals surface area contributed by atoms with Crippen LogP contribution in [-0.2, 0) is 28.9 Å². The van der Waals surface area contributed by atoms with Gasteiger partial charge in [-0.05, 0) is 18.8 Å². The number of hydrogen-bond acceptors (Lipinski definition) is 4. The first-order valence-electron chi connectivity index (χ1n) is 8.26. The Labute approximate surface area is 126 Å². The maximum atomic E-state index is 11.7. The van der Waals surface area contributed by atoms with Crippen molar-refractivity contribution >= 4 is 5.97 Å². The van der Waals surface area contributed by atoms with Crippen LogP contribution < -0.4 is 0 Å². The van der Waals surface area contributed by atoms with Gasteiger partial charge >= 0.3 is 5.97 Å². The summed E-state index contributed by atoms with van der Waals surface area (Å²) in [5.74, 6) is 2.81. The van der Waals surface area contributed by atoms with Crippen molar-refractivity contribution in [1.29, 1.82) is 0 Å². The topological polar surface area (TPSA) is 57.0 Å². The van der Waals surface area contributed by atoms with Crippen molar-refractivity contribution in [2.24, 2.45) is 11.8 Å². The number of hydrogen-bond donors (Lipinski definition) is 0. The summed E-state index contributed by atoms with van der Waals surface area (Å²) in [6.07, 6.45) is 10.8. The molecule has 0 saturated heterocycles. The zero-order chi connectivity index (χ0) is 14.7. The summed E-state index contributed by atoms with van der Waals surface area (Å²) in [6.45, 7) is 0.689. The number of ether oxygens (including phenoxy) is 1. The Bertz CT molecular complexity index is 492. The molecule has 21 heavy (non-hydrogen) atoms. The fourth-order valence-electron chi connectivity index (χ4n) is 3.74. The van der Waals surface area contributed by atoms with Gasteiger partial charge in [-0.25, -0.2) is 0 Å². The molecule has 1 saturated carbocycles. The summed E-state index contributed by atoms with van der Waals surface area (Å²) in [6, 6.07) is 0. The molecule has 0 bridgehead atoms. The maximum Gasteiger partial charge on any atom is 0.310 e. The Kier molecular flexibility index (Phi) is 4.56. The van der Waals surface area contributed by atoms with Crippen LogP contribution in [0, 0.1) is 11.8 Å². The van der Waals surface area contributed by atoms with Gasteiger partial charge in [0.05, 0.1) is 13.0 Å². The molecule has 0 radical (unpaired) electrons. The van der Waals surface area contributed by atoms with E-state index < -0.39 is 0 Å². The second-order valence-electron chi connectivity index (χ2n) is 6.44. The number of nitrogens with zero attached hydrogens (tertiary/aromatic N) is 3. The molecule has 1 aliphatic heterocycles. The van der Waals surface area contributed by atoms with E-state index in [0.717, 1.165) is 36.8 Å². The van der Waals surface area contributed by atoms with Gasteiger partial charge in [0.1, 0.15) is 11.6 Å². The summed E-state index contributed by atoms with van der Waals surface area (Å²) >= 11 is 0. The first kappa shape index (κ1) is 14.5. The molecule has 0 N–H and O–H groups in total. The standard InChI is InChI=1S/C16H25N3O2/c1-21-16(20)13-8-10-15-18-17-14(19(15)11-13)9-7-12-5-3-2-4-6-12/h12-13H,2-11H2,1H3. The van der Waals surface area contributed by atoms with E-state index in [1.54, 1.807) is 0 Å². The highest BCUT2D eigenvalue weighted by Crippen LogP contribution is 2.28. The number of aromatic nitrogens is 3. The van der Waals surface area contributed by atoms with Crippen molar-refractivity contribution < 1.29 is 9.53 Å². The van der Waals surface area contributed by atoms with E-state index in [4.69, 9.17) is 4.74 Å². The zero-order valence-corrected chi connectivity index (χ0v) is 12.9. The van der Waals surface area contributed by atoms with E-state index in [1.807, 2.05) is 0 Å². The smallest absolute Gasteiger partial charge is 0.310 e. The summed E-state index contributed by atoms with van der Waals surface area (Å²) in [5, 5.41) is 8.66. The zero-order valence-electron chi connectivity index (χ0n) is 12.9. The monoisotopic (exact) mass is 291 g/mol. The second kappa shape index (κ2) is 6.58. The largest absolute Gasteiger partial charge is 0.469 e. The molecule has 1 aromatic heterocycles. The number of rotatable bonds is 4. The highest BCUT2D eigenvalue weighted by molar-refractivity contribution is 5.72. The molecular weight excluding hydrogens is 266 g/mol. The molecule has 1 fully saturated rings. The number of fused-ring (bicyclic) bond motifs is 1. The predicted molar refractivity (Wildman–Crippen MR) is 78.7 cm³/mol. The fraction of sp³-hybridized carbons (Fsp3) is 0.812. The van der Waals surface area contributed by atoms with Crippen molar-refractivity contribution in [1.82, 2.24) is 14.8 Å². The molecule has 2 heterocycles. The third-order valence-corrected chi connectivity index (χ3v) is 5.06. The van der Waals surface area contributed by atoms with E-state index in [9.17, 15) is 4.79 Å². The van der Waals surface area contributed by atoms with E-state index in [0.29, 0.717) is 6.54 Å². The summed E-state index contributed by atoms with van der Waals surface area (Å²) in [5.41, 5.74) is 0. The summed E-state index contributed by atoms with van der Waals surface area (Å²) < 4.78 is 7.04. The van der Waals surface area contributed by atoms with Crippen molar-refractivity contribution in [3.05, 3.63) is 11.6 Å². The average Bonchev–Trinajstić information content (AvgIpc) is 2.95. The van der Waals surface area contributed by atoms with Gasteiger partial charge in [0.25, 0.3) is 0 Å². The van der Waals surface area contributed by atoms with Gasteiger partial charge < -0.3 is 9.30 Å². The molecule has 116 valence electrons. The molecule has 2 aliphatic rings. The Morgan fingerprint density at radius 2 is 2.05 bits per heavy atom. The Morgan fingerprint density at radius 1 is 1.24 bits per heavy atom. The van der Waals surface area contributed by atoms with E-state index in [2.05, 4.69) is 14.8 Å². The van der Waals surface area contributed by atoms with Gasteiger partial charge in [0.2, 0.25) is 0 Å². The Balaban J connectivity index is 1.62. The first-order chi connectivity index (χ1) is 10.3. The van der Waals surface area contributed by atoms with E-state index in [-0.39, 0.29) is 11.9 Å². The van der Waals surface area contributed by atoms with Gasteiger partial charge in [-0.3, -0.25) is 4.79 Å². The molecule has 0 spiro atoms. The fourth-order valence-corrected chi connectivity index (χ4v) is 3.74. The normalized spacial score (nSPS) is 22.8. The number of carbonyl (C=O) groups is 1. The number of carbonyl (C=O) groups excluding carboxylic acids is 1. The van der Waals surface area contributed by atoms with Gasteiger partial charge in [0, 0.05) is 19.4 Å². The van der Waals surface area contributed by atoms with Crippen LogP contribution in [0.2, 0.25) is 0 Å². The Morgan fingerprint density at radius 3 is 2.81 bits per heavy atom. The molecular formula is C16H25N3O2. The number of methoxy groups -OCH3 is 1. The quantitative estimate of drug-likeness (QED) is 0.800. The lowest BCUT2D eigenvalue weighted by molar-refractivity contribution is -0.146. The van der Waals surface area contributed by atoms with Gasteiger partial charge in [0.15, 0.2) is 0 Å². The molecule has 5 heteroatoms. The van der Waals surface area contributed by atoms with E-state index >= 15 is 0 Å². The minimum Gasteiger partial charge on any atom is -0.469 e. The third kappa shape index (κ3) is 3.27. The van der Waals surface area contributed by atoms with Crippen LogP contribution in [0.3, 0.4) is 0 Å². The molecule has 1 unspecified atom stereocenters. The van der Waals surface area contributed by atoms with Crippen molar-refractivity contribution in [3.63, 3.8) is 0 Å². The van der Waals surface area contributed by atoms with Crippen LogP contribution in [0.5, 0.6) is 0 Å². The third-order valence-electron chi connectivity index (χ3n) is 5.06. The lowest BCUT2D eigenvalue weighted by Crippen LogP contribution is -2.28. The summed E-state index contributed by atoms with van der Waals surface area (Å²) in [4.78, 5) is 11.7. The lowest BCUT2D eigenvalue weighted by atomic mass is 9.86.